The fourth-order valence-corrected chi connectivity index (χ4v) is 3.20. The molecule has 0 unspecified atom stereocenters. The van der Waals surface area contributed by atoms with Crippen LogP contribution in [0.1, 0.15) is 27.3 Å². The van der Waals surface area contributed by atoms with Gasteiger partial charge in [-0.1, -0.05) is 24.3 Å². The van der Waals surface area contributed by atoms with Crippen LogP contribution in [0.25, 0.3) is 12.2 Å². The van der Waals surface area contributed by atoms with Gasteiger partial charge in [-0.05, 0) is 49.0 Å². The highest BCUT2D eigenvalue weighted by Gasteiger charge is 2.14. The number of allylic oxidation sites excluding steroid dienone is 1. The van der Waals surface area contributed by atoms with Crippen molar-refractivity contribution in [3.8, 4) is 0 Å². The molecule has 0 saturated carbocycles. The Morgan fingerprint density at radius 2 is 1.70 bits per heavy atom. The van der Waals surface area contributed by atoms with Crippen LogP contribution in [-0.2, 0) is 11.3 Å². The Morgan fingerprint density at radius 3 is 2.40 bits per heavy atom. The van der Waals surface area contributed by atoms with E-state index in [1.54, 1.807) is 24.3 Å². The van der Waals surface area contributed by atoms with E-state index in [1.165, 1.54) is 23.7 Å². The number of pyridine rings is 1. The molecule has 1 amide bonds. The summed E-state index contributed by atoms with van der Waals surface area (Å²) >= 11 is 0. The van der Waals surface area contributed by atoms with E-state index in [0.717, 1.165) is 38.3 Å². The summed E-state index contributed by atoms with van der Waals surface area (Å²) in [6.45, 7) is 5.03. The maximum Gasteiger partial charge on any atom is 0.267 e. The highest BCUT2D eigenvalue weighted by Crippen LogP contribution is 2.12. The Labute approximate surface area is 176 Å². The van der Waals surface area contributed by atoms with Crippen LogP contribution in [0.2, 0.25) is 0 Å². The minimum absolute atomic E-state index is 0.0855. The van der Waals surface area contributed by atoms with Gasteiger partial charge in [0.1, 0.15) is 0 Å². The van der Waals surface area contributed by atoms with Crippen LogP contribution in [0.3, 0.4) is 0 Å². The standard InChI is InChI=1S/C23H26N4O3/c1-26-12-14-27(15-13-26)17-18-4-2-5-19(16-18)22(28)10-8-20-6-3-7-21(24-20)9-11-23(29)25-30/h2-11,16,30H,12-15,17H2,1H3,(H,25,29). The van der Waals surface area contributed by atoms with Crippen molar-refractivity contribution in [3.05, 3.63) is 77.1 Å². The summed E-state index contributed by atoms with van der Waals surface area (Å²) in [6, 6.07) is 13.0. The molecule has 1 aliphatic rings. The number of hydrogen-bond donors (Lipinski definition) is 2. The van der Waals surface area contributed by atoms with Crippen LogP contribution in [-0.4, -0.2) is 64.9 Å². The molecule has 0 spiro atoms. The van der Waals surface area contributed by atoms with Crippen molar-refractivity contribution in [1.29, 1.82) is 0 Å². The molecule has 156 valence electrons. The first-order chi connectivity index (χ1) is 14.5. The summed E-state index contributed by atoms with van der Waals surface area (Å²) in [4.78, 5) is 32.8. The smallest absolute Gasteiger partial charge is 0.267 e. The van der Waals surface area contributed by atoms with E-state index in [-0.39, 0.29) is 5.78 Å². The van der Waals surface area contributed by atoms with Gasteiger partial charge in [-0.15, -0.1) is 0 Å². The molecule has 2 N–H and O–H groups in total. The molecule has 0 radical (unpaired) electrons. The molecule has 0 aliphatic carbocycles. The number of benzene rings is 1. The molecule has 1 fully saturated rings. The SMILES string of the molecule is CN1CCN(Cc2cccc(C(=O)C=Cc3cccc(C=CC(=O)NO)n3)c2)CC1. The zero-order chi connectivity index (χ0) is 21.3. The summed E-state index contributed by atoms with van der Waals surface area (Å²) in [5.74, 6) is -0.720. The number of ketones is 1. The van der Waals surface area contributed by atoms with Crippen LogP contribution in [0.5, 0.6) is 0 Å². The van der Waals surface area contributed by atoms with Gasteiger partial charge in [-0.2, -0.15) is 0 Å². The van der Waals surface area contributed by atoms with E-state index >= 15 is 0 Å². The van der Waals surface area contributed by atoms with Crippen molar-refractivity contribution in [2.75, 3.05) is 33.2 Å². The van der Waals surface area contributed by atoms with E-state index in [0.29, 0.717) is 17.0 Å². The molecule has 7 nitrogen and oxygen atoms in total. The second-order valence-corrected chi connectivity index (χ2v) is 7.27. The number of hydroxylamine groups is 1. The van der Waals surface area contributed by atoms with E-state index in [1.807, 2.05) is 18.2 Å². The lowest BCUT2D eigenvalue weighted by Gasteiger charge is -2.32. The summed E-state index contributed by atoms with van der Waals surface area (Å²) in [7, 11) is 2.13. The highest BCUT2D eigenvalue weighted by molar-refractivity contribution is 6.06. The van der Waals surface area contributed by atoms with Crippen LogP contribution < -0.4 is 5.48 Å². The quantitative estimate of drug-likeness (QED) is 0.317. The van der Waals surface area contributed by atoms with Crippen molar-refractivity contribution >= 4 is 23.8 Å². The number of likely N-dealkylation sites (N-methyl/N-ethyl adjacent to an activating group) is 1. The summed E-state index contributed by atoms with van der Waals surface area (Å²) < 4.78 is 0. The number of aromatic nitrogens is 1. The summed E-state index contributed by atoms with van der Waals surface area (Å²) in [5.41, 5.74) is 4.44. The van der Waals surface area contributed by atoms with Gasteiger partial charge in [0.15, 0.2) is 5.78 Å². The molecule has 1 aromatic heterocycles. The lowest BCUT2D eigenvalue weighted by atomic mass is 10.1. The fraction of sp³-hybridized carbons (Fsp3) is 0.261. The van der Waals surface area contributed by atoms with Gasteiger partial charge in [-0.25, -0.2) is 10.5 Å². The molecule has 1 saturated heterocycles. The first kappa shape index (κ1) is 21.6. The first-order valence-corrected chi connectivity index (χ1v) is 9.85. The minimum atomic E-state index is -0.635. The average Bonchev–Trinajstić information content (AvgIpc) is 2.78. The van der Waals surface area contributed by atoms with Gasteiger partial charge in [0.05, 0.1) is 11.4 Å². The van der Waals surface area contributed by atoms with Crippen LogP contribution >= 0.6 is 0 Å². The summed E-state index contributed by atoms with van der Waals surface area (Å²) in [5, 5.41) is 8.52. The monoisotopic (exact) mass is 406 g/mol. The van der Waals surface area contributed by atoms with Crippen LogP contribution in [0.15, 0.2) is 54.6 Å². The zero-order valence-electron chi connectivity index (χ0n) is 17.0. The molecule has 2 heterocycles. The predicted molar refractivity (Wildman–Crippen MR) is 116 cm³/mol. The number of hydrogen-bond acceptors (Lipinski definition) is 6. The Bertz CT molecular complexity index is 947. The maximum atomic E-state index is 12.6. The number of piperazine rings is 1. The molecular formula is C23H26N4O3. The van der Waals surface area contributed by atoms with Crippen molar-refractivity contribution < 1.29 is 14.8 Å². The minimum Gasteiger partial charge on any atom is -0.304 e. The van der Waals surface area contributed by atoms with E-state index in [4.69, 9.17) is 5.21 Å². The lowest BCUT2D eigenvalue weighted by molar-refractivity contribution is -0.124. The van der Waals surface area contributed by atoms with Crippen molar-refractivity contribution in [3.63, 3.8) is 0 Å². The Morgan fingerprint density at radius 1 is 1.03 bits per heavy atom. The zero-order valence-corrected chi connectivity index (χ0v) is 17.0. The molecule has 1 aromatic carbocycles. The largest absolute Gasteiger partial charge is 0.304 e. The van der Waals surface area contributed by atoms with Crippen LogP contribution in [0, 0.1) is 0 Å². The van der Waals surface area contributed by atoms with Crippen molar-refractivity contribution in [2.45, 2.75) is 6.54 Å². The molecule has 2 aromatic rings. The molecule has 30 heavy (non-hydrogen) atoms. The number of carbonyl (C=O) groups is 2. The van der Waals surface area contributed by atoms with Gasteiger partial charge in [0, 0.05) is 44.4 Å². The van der Waals surface area contributed by atoms with Crippen molar-refractivity contribution in [1.82, 2.24) is 20.3 Å². The second-order valence-electron chi connectivity index (χ2n) is 7.27. The molecule has 0 bridgehead atoms. The van der Waals surface area contributed by atoms with E-state index in [9.17, 15) is 9.59 Å². The van der Waals surface area contributed by atoms with E-state index in [2.05, 4.69) is 27.9 Å². The Kier molecular flexibility index (Phi) is 7.62. The molecule has 3 rings (SSSR count). The number of nitrogens with zero attached hydrogens (tertiary/aromatic N) is 3. The topological polar surface area (TPSA) is 85.8 Å². The highest BCUT2D eigenvalue weighted by atomic mass is 16.5. The molecule has 7 heteroatoms. The van der Waals surface area contributed by atoms with Gasteiger partial charge in [0.25, 0.3) is 5.91 Å². The Hall–Kier alpha value is -3.13. The number of amides is 1. The third kappa shape index (κ3) is 6.45. The van der Waals surface area contributed by atoms with Gasteiger partial charge in [-0.3, -0.25) is 19.7 Å². The van der Waals surface area contributed by atoms with Gasteiger partial charge in [0.2, 0.25) is 0 Å². The van der Waals surface area contributed by atoms with Gasteiger partial charge >= 0.3 is 0 Å². The Balaban J connectivity index is 1.64. The maximum absolute atomic E-state index is 12.6. The van der Waals surface area contributed by atoms with E-state index < -0.39 is 5.91 Å². The summed E-state index contributed by atoms with van der Waals surface area (Å²) in [6.07, 6.45) is 5.81. The fourth-order valence-electron chi connectivity index (χ4n) is 3.20. The third-order valence-corrected chi connectivity index (χ3v) is 4.93. The normalized spacial score (nSPS) is 15.7. The number of nitrogens with one attached hydrogen (secondary N) is 1. The third-order valence-electron chi connectivity index (χ3n) is 4.93. The average molecular weight is 406 g/mol. The molecule has 0 atom stereocenters. The van der Waals surface area contributed by atoms with Crippen LogP contribution in [0.4, 0.5) is 0 Å². The first-order valence-electron chi connectivity index (χ1n) is 9.85. The molecule has 1 aliphatic heterocycles. The number of carbonyl (C=O) groups excluding carboxylic acids is 2. The predicted octanol–water partition coefficient (Wildman–Crippen LogP) is 2.24. The lowest BCUT2D eigenvalue weighted by Crippen LogP contribution is -2.43. The second kappa shape index (κ2) is 10.6. The van der Waals surface area contributed by atoms with Crippen molar-refractivity contribution in [2.24, 2.45) is 0 Å². The number of rotatable bonds is 7. The molecular weight excluding hydrogens is 380 g/mol. The van der Waals surface area contributed by atoms with Gasteiger partial charge < -0.3 is 4.90 Å².